The van der Waals surface area contributed by atoms with Gasteiger partial charge in [0.2, 0.25) is 0 Å². The highest BCUT2D eigenvalue weighted by atomic mass is 16.5. The molecular formula is C23H30N2O+2. The van der Waals surface area contributed by atoms with E-state index < -0.39 is 0 Å². The molecule has 0 radical (unpaired) electrons. The maximum atomic E-state index is 5.40. The molecule has 2 aromatic carbocycles. The molecule has 1 fully saturated rings. The molecule has 1 aliphatic rings. The van der Waals surface area contributed by atoms with Gasteiger partial charge in [-0.1, -0.05) is 54.6 Å². The summed E-state index contributed by atoms with van der Waals surface area (Å²) in [5.74, 6) is 0.943. The van der Waals surface area contributed by atoms with Gasteiger partial charge in [0.1, 0.15) is 31.9 Å². The number of ether oxygens (including phenoxy) is 1. The monoisotopic (exact) mass is 350 g/mol. The van der Waals surface area contributed by atoms with Crippen LogP contribution >= 0.6 is 0 Å². The van der Waals surface area contributed by atoms with Crippen LogP contribution in [0, 0.1) is 0 Å². The lowest BCUT2D eigenvalue weighted by atomic mass is 10.2. The number of nitrogens with one attached hydrogen (secondary N) is 2. The van der Waals surface area contributed by atoms with Crippen LogP contribution in [0.3, 0.4) is 0 Å². The van der Waals surface area contributed by atoms with Crippen LogP contribution in [0.5, 0.6) is 5.75 Å². The molecule has 0 unspecified atom stereocenters. The molecule has 3 rings (SSSR count). The first-order valence-corrected chi connectivity index (χ1v) is 9.53. The molecule has 3 heteroatoms. The standard InChI is InChI=1S/C23H28N2O/c1-26-23-14-6-5-12-22(23)13-8-16-25-19-17-24(18-20-25)15-7-11-21-9-3-2-4-10-21/h2-14H,15-20H2,1H3/p+2/b11-7+,13-8+. The van der Waals surface area contributed by atoms with Crippen molar-refractivity contribution in [1.29, 1.82) is 0 Å². The van der Waals surface area contributed by atoms with Crippen molar-refractivity contribution in [2.75, 3.05) is 46.4 Å². The van der Waals surface area contributed by atoms with Gasteiger partial charge in [-0.25, -0.2) is 0 Å². The van der Waals surface area contributed by atoms with Crippen molar-refractivity contribution < 1.29 is 14.5 Å². The van der Waals surface area contributed by atoms with Crippen LogP contribution in [0.1, 0.15) is 11.1 Å². The summed E-state index contributed by atoms with van der Waals surface area (Å²) in [7, 11) is 1.73. The summed E-state index contributed by atoms with van der Waals surface area (Å²) in [6.45, 7) is 7.19. The van der Waals surface area contributed by atoms with Crippen molar-refractivity contribution in [3.8, 4) is 5.75 Å². The molecule has 2 N–H and O–H groups in total. The molecule has 1 heterocycles. The van der Waals surface area contributed by atoms with Crippen molar-refractivity contribution in [2.45, 2.75) is 0 Å². The first-order valence-electron chi connectivity index (χ1n) is 9.53. The van der Waals surface area contributed by atoms with Gasteiger partial charge in [0.25, 0.3) is 0 Å². The number of rotatable bonds is 7. The molecule has 2 aromatic rings. The number of benzene rings is 2. The van der Waals surface area contributed by atoms with E-state index in [1.165, 1.54) is 31.7 Å². The molecule has 1 saturated heterocycles. The Labute approximate surface area is 157 Å². The van der Waals surface area contributed by atoms with Crippen molar-refractivity contribution in [1.82, 2.24) is 0 Å². The lowest BCUT2D eigenvalue weighted by Crippen LogP contribution is -3.28. The maximum absolute atomic E-state index is 5.40. The first kappa shape index (κ1) is 18.4. The van der Waals surface area contributed by atoms with Gasteiger partial charge in [-0.3, -0.25) is 0 Å². The summed E-state index contributed by atoms with van der Waals surface area (Å²) in [4.78, 5) is 3.36. The van der Waals surface area contributed by atoms with E-state index in [-0.39, 0.29) is 0 Å². The quantitative estimate of drug-likeness (QED) is 0.768. The Balaban J connectivity index is 1.40. The largest absolute Gasteiger partial charge is 0.496 e. The number of quaternary nitrogens is 2. The average Bonchev–Trinajstić information content (AvgIpc) is 2.70. The predicted octanol–water partition coefficient (Wildman–Crippen LogP) is 1.21. The molecule has 0 aromatic heterocycles. The molecule has 0 spiro atoms. The van der Waals surface area contributed by atoms with Crippen molar-refractivity contribution in [3.63, 3.8) is 0 Å². The lowest BCUT2D eigenvalue weighted by molar-refractivity contribution is -1.01. The van der Waals surface area contributed by atoms with Crippen molar-refractivity contribution in [3.05, 3.63) is 77.9 Å². The highest BCUT2D eigenvalue weighted by molar-refractivity contribution is 5.57. The van der Waals surface area contributed by atoms with Gasteiger partial charge in [0.05, 0.1) is 20.2 Å². The van der Waals surface area contributed by atoms with E-state index in [0.717, 1.165) is 24.4 Å². The Morgan fingerprint density at radius 2 is 1.35 bits per heavy atom. The molecule has 3 nitrogen and oxygen atoms in total. The fourth-order valence-electron chi connectivity index (χ4n) is 3.45. The van der Waals surface area contributed by atoms with Gasteiger partial charge >= 0.3 is 0 Å². The topological polar surface area (TPSA) is 18.1 Å². The summed E-state index contributed by atoms with van der Waals surface area (Å²) >= 11 is 0. The van der Waals surface area contributed by atoms with Gasteiger partial charge in [0, 0.05) is 5.56 Å². The third kappa shape index (κ3) is 5.58. The third-order valence-electron chi connectivity index (χ3n) is 5.02. The van der Waals surface area contributed by atoms with E-state index in [1.54, 1.807) is 16.9 Å². The van der Waals surface area contributed by atoms with Crippen LogP contribution in [0.2, 0.25) is 0 Å². The Morgan fingerprint density at radius 1 is 0.769 bits per heavy atom. The molecule has 0 amide bonds. The average molecular weight is 351 g/mol. The van der Waals surface area contributed by atoms with E-state index in [1.807, 2.05) is 12.1 Å². The molecule has 26 heavy (non-hydrogen) atoms. The summed E-state index contributed by atoms with van der Waals surface area (Å²) < 4.78 is 5.40. The SMILES string of the molecule is COc1ccccc1/C=C/C[NH+]1CC[NH+](C/C=C/c2ccccc2)CC1. The smallest absolute Gasteiger partial charge is 0.127 e. The zero-order valence-corrected chi connectivity index (χ0v) is 15.7. The summed E-state index contributed by atoms with van der Waals surface area (Å²) in [5.41, 5.74) is 2.45. The van der Waals surface area contributed by atoms with E-state index in [4.69, 9.17) is 4.74 Å². The van der Waals surface area contributed by atoms with Crippen molar-refractivity contribution in [2.24, 2.45) is 0 Å². The molecule has 0 atom stereocenters. The Morgan fingerprint density at radius 3 is 2.00 bits per heavy atom. The number of hydrogen-bond acceptors (Lipinski definition) is 1. The molecule has 136 valence electrons. The second kappa shape index (κ2) is 9.95. The molecule has 1 aliphatic heterocycles. The van der Waals surface area contributed by atoms with Crippen LogP contribution in [0.15, 0.2) is 66.7 Å². The summed E-state index contributed by atoms with van der Waals surface area (Å²) in [6, 6.07) is 18.7. The number of para-hydroxylation sites is 1. The second-order valence-electron chi connectivity index (χ2n) is 6.87. The summed E-state index contributed by atoms with van der Waals surface area (Å²) in [5, 5.41) is 0. The summed E-state index contributed by atoms with van der Waals surface area (Å²) in [6.07, 6.45) is 9.03. The minimum absolute atomic E-state index is 0.943. The van der Waals surface area contributed by atoms with E-state index >= 15 is 0 Å². The number of methoxy groups -OCH3 is 1. The molecular weight excluding hydrogens is 320 g/mol. The Hall–Kier alpha value is -2.36. The zero-order valence-electron chi connectivity index (χ0n) is 15.7. The van der Waals surface area contributed by atoms with Crippen LogP contribution in [-0.4, -0.2) is 46.4 Å². The zero-order chi connectivity index (χ0) is 18.0. The first-order chi connectivity index (χ1) is 12.8. The van der Waals surface area contributed by atoms with Gasteiger partial charge in [-0.2, -0.15) is 0 Å². The Bertz CT molecular complexity index is 716. The van der Waals surface area contributed by atoms with Crippen LogP contribution < -0.4 is 14.5 Å². The van der Waals surface area contributed by atoms with Gasteiger partial charge < -0.3 is 14.5 Å². The fraction of sp³-hybridized carbons (Fsp3) is 0.304. The molecule has 0 bridgehead atoms. The fourth-order valence-corrected chi connectivity index (χ4v) is 3.45. The highest BCUT2D eigenvalue weighted by Gasteiger charge is 2.20. The lowest BCUT2D eigenvalue weighted by Gasteiger charge is -2.28. The predicted molar refractivity (Wildman–Crippen MR) is 109 cm³/mol. The van der Waals surface area contributed by atoms with Gasteiger partial charge in [-0.15, -0.1) is 0 Å². The molecule has 0 saturated carbocycles. The van der Waals surface area contributed by atoms with E-state index in [9.17, 15) is 0 Å². The minimum atomic E-state index is 0.943. The van der Waals surface area contributed by atoms with E-state index in [2.05, 4.69) is 66.8 Å². The number of hydrogen-bond donors (Lipinski definition) is 2. The highest BCUT2D eigenvalue weighted by Crippen LogP contribution is 2.18. The van der Waals surface area contributed by atoms with Crippen LogP contribution in [0.4, 0.5) is 0 Å². The third-order valence-corrected chi connectivity index (χ3v) is 5.02. The maximum Gasteiger partial charge on any atom is 0.127 e. The molecule has 0 aliphatic carbocycles. The normalized spacial score (nSPS) is 20.7. The van der Waals surface area contributed by atoms with Crippen LogP contribution in [-0.2, 0) is 0 Å². The Kier molecular flexibility index (Phi) is 7.05. The van der Waals surface area contributed by atoms with Crippen molar-refractivity contribution >= 4 is 12.2 Å². The minimum Gasteiger partial charge on any atom is -0.496 e. The van der Waals surface area contributed by atoms with Gasteiger partial charge in [-0.05, 0) is 29.9 Å². The van der Waals surface area contributed by atoms with Crippen LogP contribution in [0.25, 0.3) is 12.2 Å². The second-order valence-corrected chi connectivity index (χ2v) is 6.87. The number of piperazine rings is 1. The van der Waals surface area contributed by atoms with E-state index in [0.29, 0.717) is 0 Å². The van der Waals surface area contributed by atoms with Gasteiger partial charge in [0.15, 0.2) is 0 Å².